The number of nitrogens with zero attached hydrogens (tertiary/aromatic N) is 2. The molecule has 0 radical (unpaired) electrons. The zero-order chi connectivity index (χ0) is 25.7. The molecule has 0 spiro atoms. The van der Waals surface area contributed by atoms with Gasteiger partial charge in [-0.25, -0.2) is 9.82 Å². The van der Waals surface area contributed by atoms with E-state index in [1.807, 2.05) is 6.92 Å². The predicted molar refractivity (Wildman–Crippen MR) is 134 cm³/mol. The van der Waals surface area contributed by atoms with Crippen LogP contribution in [0.25, 0.3) is 11.0 Å². The molecule has 0 saturated heterocycles. The Balaban J connectivity index is 1.47. The van der Waals surface area contributed by atoms with Crippen LogP contribution in [0.5, 0.6) is 11.5 Å². The van der Waals surface area contributed by atoms with Gasteiger partial charge in [-0.15, -0.1) is 0 Å². The molecule has 0 saturated carbocycles. The number of carbonyl (C=O) groups excluding carboxylic acids is 1. The number of non-ortho nitro benzene ring substituents is 1. The van der Waals surface area contributed by atoms with Crippen LogP contribution in [0, 0.1) is 15.9 Å². The molecule has 0 unspecified atom stereocenters. The zero-order valence-electron chi connectivity index (χ0n) is 18.9. The lowest BCUT2D eigenvalue weighted by Crippen LogP contribution is -2.16. The highest BCUT2D eigenvalue weighted by Crippen LogP contribution is 2.34. The Labute approximate surface area is 212 Å². The fourth-order valence-corrected chi connectivity index (χ4v) is 3.72. The van der Waals surface area contributed by atoms with Crippen molar-refractivity contribution in [3.63, 3.8) is 0 Å². The third-order valence-corrected chi connectivity index (χ3v) is 5.64. The van der Waals surface area contributed by atoms with Crippen molar-refractivity contribution in [3.8, 4) is 11.5 Å². The molecule has 0 aliphatic carbocycles. The highest BCUT2D eigenvalue weighted by molar-refractivity contribution is 9.10. The number of benzene rings is 3. The quantitative estimate of drug-likeness (QED) is 0.154. The molecule has 1 aromatic heterocycles. The largest absolute Gasteiger partial charge is 0.490 e. The Bertz CT molecular complexity index is 1470. The summed E-state index contributed by atoms with van der Waals surface area (Å²) in [7, 11) is 0. The summed E-state index contributed by atoms with van der Waals surface area (Å²) in [5.74, 6) is -0.117. The molecule has 0 bridgehead atoms. The van der Waals surface area contributed by atoms with Gasteiger partial charge in [0, 0.05) is 27.6 Å². The van der Waals surface area contributed by atoms with Gasteiger partial charge in [0.25, 0.3) is 5.69 Å². The molecule has 1 amide bonds. The van der Waals surface area contributed by atoms with E-state index in [2.05, 4.69) is 26.5 Å². The number of halogens is 2. The highest BCUT2D eigenvalue weighted by Gasteiger charge is 2.15. The number of hydrogen-bond acceptors (Lipinski definition) is 7. The van der Waals surface area contributed by atoms with Crippen LogP contribution in [0.1, 0.15) is 28.6 Å². The minimum absolute atomic E-state index is 0.0437. The van der Waals surface area contributed by atoms with Crippen molar-refractivity contribution in [2.45, 2.75) is 13.5 Å². The second kappa shape index (κ2) is 11.0. The summed E-state index contributed by atoms with van der Waals surface area (Å²) in [4.78, 5) is 22.8. The average molecular weight is 556 g/mol. The fraction of sp³-hybridized carbons (Fsp3) is 0.120. The topological polar surface area (TPSA) is 116 Å². The van der Waals surface area contributed by atoms with Crippen LogP contribution in [0.2, 0.25) is 0 Å². The number of rotatable bonds is 9. The summed E-state index contributed by atoms with van der Waals surface area (Å²) in [5, 5.41) is 15.3. The molecule has 1 heterocycles. The average Bonchev–Trinajstić information content (AvgIpc) is 3.28. The molecule has 9 nitrogen and oxygen atoms in total. The highest BCUT2D eigenvalue weighted by atomic mass is 79.9. The van der Waals surface area contributed by atoms with E-state index in [1.54, 1.807) is 24.3 Å². The van der Waals surface area contributed by atoms with E-state index in [0.717, 1.165) is 0 Å². The third-order valence-electron chi connectivity index (χ3n) is 4.95. The molecule has 4 rings (SSSR count). The van der Waals surface area contributed by atoms with Gasteiger partial charge in [0.15, 0.2) is 17.3 Å². The summed E-state index contributed by atoms with van der Waals surface area (Å²) in [5.41, 5.74) is 3.86. The maximum atomic E-state index is 13.4. The normalized spacial score (nSPS) is 11.1. The first-order valence-electron chi connectivity index (χ1n) is 10.7. The van der Waals surface area contributed by atoms with E-state index in [-0.39, 0.29) is 23.9 Å². The summed E-state index contributed by atoms with van der Waals surface area (Å²) >= 11 is 3.45. The predicted octanol–water partition coefficient (Wildman–Crippen LogP) is 5.98. The lowest BCUT2D eigenvalue weighted by molar-refractivity contribution is -0.384. The number of carbonyl (C=O) groups is 1. The van der Waals surface area contributed by atoms with Crippen LogP contribution >= 0.6 is 15.9 Å². The maximum Gasteiger partial charge on any atom is 0.307 e. The van der Waals surface area contributed by atoms with E-state index >= 15 is 0 Å². The van der Waals surface area contributed by atoms with Crippen molar-refractivity contribution in [1.82, 2.24) is 5.43 Å². The summed E-state index contributed by atoms with van der Waals surface area (Å²) < 4.78 is 31.0. The van der Waals surface area contributed by atoms with Crippen LogP contribution in [0.4, 0.5) is 10.1 Å². The van der Waals surface area contributed by atoms with E-state index in [9.17, 15) is 19.3 Å². The van der Waals surface area contributed by atoms with Crippen molar-refractivity contribution in [3.05, 3.63) is 98.0 Å². The first-order valence-corrected chi connectivity index (χ1v) is 11.5. The number of amides is 1. The van der Waals surface area contributed by atoms with Crippen LogP contribution in [-0.2, 0) is 6.61 Å². The van der Waals surface area contributed by atoms with Crippen molar-refractivity contribution in [2.75, 3.05) is 6.61 Å². The number of ether oxygens (including phenoxy) is 2. The molecule has 0 atom stereocenters. The Kier molecular flexibility index (Phi) is 7.59. The fourth-order valence-electron chi connectivity index (χ4n) is 3.29. The number of nitrogens with one attached hydrogen (secondary N) is 1. The van der Waals surface area contributed by atoms with Gasteiger partial charge in [-0.1, -0.05) is 12.1 Å². The molecule has 0 fully saturated rings. The minimum Gasteiger partial charge on any atom is -0.490 e. The van der Waals surface area contributed by atoms with Gasteiger partial charge in [-0.3, -0.25) is 14.9 Å². The molecule has 4 aromatic rings. The maximum absolute atomic E-state index is 13.4. The van der Waals surface area contributed by atoms with Crippen LogP contribution in [0.15, 0.2) is 74.7 Å². The zero-order valence-corrected chi connectivity index (χ0v) is 20.5. The Morgan fingerprint density at radius 1 is 1.17 bits per heavy atom. The van der Waals surface area contributed by atoms with E-state index < -0.39 is 10.8 Å². The molecule has 36 heavy (non-hydrogen) atoms. The Morgan fingerprint density at radius 3 is 2.72 bits per heavy atom. The Hall–Kier alpha value is -4.25. The van der Waals surface area contributed by atoms with Crippen LogP contribution in [0.3, 0.4) is 0 Å². The third kappa shape index (κ3) is 5.87. The van der Waals surface area contributed by atoms with Crippen molar-refractivity contribution in [1.29, 1.82) is 0 Å². The molecular weight excluding hydrogens is 537 g/mol. The van der Waals surface area contributed by atoms with Crippen molar-refractivity contribution >= 4 is 44.7 Å². The van der Waals surface area contributed by atoms with Gasteiger partial charge in [-0.2, -0.15) is 5.10 Å². The number of nitro groups is 1. The number of hydrazone groups is 1. The second-order valence-corrected chi connectivity index (χ2v) is 8.32. The monoisotopic (exact) mass is 555 g/mol. The molecule has 0 aliphatic heterocycles. The van der Waals surface area contributed by atoms with Crippen LogP contribution < -0.4 is 14.9 Å². The number of nitro benzene ring substituents is 1. The van der Waals surface area contributed by atoms with E-state index in [0.29, 0.717) is 44.7 Å². The van der Waals surface area contributed by atoms with Crippen molar-refractivity contribution in [2.24, 2.45) is 5.10 Å². The molecular formula is C25H19BrFN3O6. The van der Waals surface area contributed by atoms with Crippen molar-refractivity contribution < 1.29 is 28.0 Å². The first-order chi connectivity index (χ1) is 17.3. The molecule has 0 aliphatic rings. The lowest BCUT2D eigenvalue weighted by Gasteiger charge is -2.14. The smallest absolute Gasteiger partial charge is 0.307 e. The molecule has 3 aromatic carbocycles. The number of hydrogen-bond donors (Lipinski definition) is 1. The van der Waals surface area contributed by atoms with Gasteiger partial charge in [0.05, 0.1) is 17.7 Å². The SMILES string of the molecule is CCOc1cc(/C=N/NC(=O)c2cc3cc([N+](=O)[O-])ccc3o2)c(Br)cc1OCc1cccc(F)c1. The first kappa shape index (κ1) is 24.9. The summed E-state index contributed by atoms with van der Waals surface area (Å²) in [6.07, 6.45) is 1.41. The lowest BCUT2D eigenvalue weighted by atomic mass is 10.2. The minimum atomic E-state index is -0.624. The van der Waals surface area contributed by atoms with Gasteiger partial charge in [-0.05, 0) is 64.8 Å². The van der Waals surface area contributed by atoms with E-state index in [1.165, 1.54) is 42.6 Å². The van der Waals surface area contributed by atoms with E-state index in [4.69, 9.17) is 13.9 Å². The molecule has 1 N–H and O–H groups in total. The van der Waals surface area contributed by atoms with Crippen LogP contribution in [-0.4, -0.2) is 23.7 Å². The second-order valence-electron chi connectivity index (χ2n) is 7.46. The van der Waals surface area contributed by atoms with Gasteiger partial charge in [0.2, 0.25) is 0 Å². The van der Waals surface area contributed by atoms with Gasteiger partial charge >= 0.3 is 5.91 Å². The summed E-state index contributed by atoms with van der Waals surface area (Å²) in [6.45, 7) is 2.36. The standard InChI is InChI=1S/C25H19BrFN3O6/c1-2-34-22-11-17(20(26)12-23(22)35-14-15-4-3-5-18(27)8-15)13-28-29-25(31)24-10-16-9-19(30(32)33)6-7-21(16)36-24/h3-13H,2,14H2,1H3,(H,29,31)/b28-13+. The molecule has 11 heteroatoms. The Morgan fingerprint density at radius 2 is 1.97 bits per heavy atom. The van der Waals surface area contributed by atoms with Gasteiger partial charge < -0.3 is 13.9 Å². The van der Waals surface area contributed by atoms with Gasteiger partial charge in [0.1, 0.15) is 18.0 Å². The number of furan rings is 1. The summed E-state index contributed by atoms with van der Waals surface area (Å²) in [6, 6.07) is 14.9. The number of fused-ring (bicyclic) bond motifs is 1. The molecule has 184 valence electrons.